The van der Waals surface area contributed by atoms with Crippen LogP contribution in [0.2, 0.25) is 0 Å². The van der Waals surface area contributed by atoms with Crippen molar-refractivity contribution < 1.29 is 4.39 Å². The van der Waals surface area contributed by atoms with E-state index in [0.717, 1.165) is 23.8 Å². The Morgan fingerprint density at radius 2 is 2.03 bits per heavy atom. The number of rotatable bonds is 5. The molecule has 0 bridgehead atoms. The molecule has 1 fully saturated rings. The van der Waals surface area contributed by atoms with Crippen molar-refractivity contribution in [2.75, 3.05) is 5.32 Å². The Balaban J connectivity index is 1.59. The molecule has 1 saturated carbocycles. The minimum absolute atomic E-state index is 0.0747. The molecule has 2 aromatic carbocycles. The minimum atomic E-state index is -0.499. The second-order valence-corrected chi connectivity index (χ2v) is 8.88. The molecule has 0 amide bonds. The molecule has 4 aromatic rings. The van der Waals surface area contributed by atoms with E-state index in [0.29, 0.717) is 33.4 Å². The van der Waals surface area contributed by atoms with Crippen LogP contribution in [-0.2, 0) is 6.54 Å². The lowest BCUT2D eigenvalue weighted by Gasteiger charge is -2.18. The monoisotopic (exact) mass is 483 g/mol. The number of hydrogen-bond acceptors (Lipinski definition) is 6. The number of benzene rings is 2. The van der Waals surface area contributed by atoms with E-state index in [9.17, 15) is 9.18 Å². The number of halogens is 1. The minimum Gasteiger partial charge on any atom is -0.364 e. The summed E-state index contributed by atoms with van der Waals surface area (Å²) >= 11 is 4.41. The average molecular weight is 484 g/mol. The van der Waals surface area contributed by atoms with Crippen LogP contribution in [0.4, 0.5) is 10.2 Å². The summed E-state index contributed by atoms with van der Waals surface area (Å²) in [5, 5.41) is 13.3. The third kappa shape index (κ3) is 4.55. The third-order valence-electron chi connectivity index (χ3n) is 5.92. The van der Waals surface area contributed by atoms with Gasteiger partial charge in [0.25, 0.3) is 5.56 Å². The van der Waals surface area contributed by atoms with Gasteiger partial charge in [-0.2, -0.15) is 0 Å². The van der Waals surface area contributed by atoms with E-state index in [4.69, 9.17) is 5.41 Å². The van der Waals surface area contributed by atoms with Crippen LogP contribution >= 0.6 is 12.6 Å². The molecule has 0 spiro atoms. The number of para-hydroxylation sites is 1. The molecule has 1 aliphatic carbocycles. The van der Waals surface area contributed by atoms with E-state index in [1.807, 2.05) is 31.2 Å². The fourth-order valence-electron chi connectivity index (χ4n) is 4.00. The highest BCUT2D eigenvalue weighted by Crippen LogP contribution is 2.28. The van der Waals surface area contributed by atoms with Gasteiger partial charge in [-0.15, -0.1) is 12.6 Å². The zero-order valence-electron chi connectivity index (χ0n) is 19.0. The molecule has 0 atom stereocenters. The highest BCUT2D eigenvalue weighted by molar-refractivity contribution is 7.80. The van der Waals surface area contributed by atoms with E-state index in [2.05, 4.69) is 39.8 Å². The number of anilines is 1. The smallest absolute Gasteiger partial charge is 0.263 e. The van der Waals surface area contributed by atoms with Crippen LogP contribution in [0.3, 0.4) is 0 Å². The van der Waals surface area contributed by atoms with Gasteiger partial charge in [0.1, 0.15) is 28.7 Å². The molecular weight excluding hydrogens is 461 g/mol. The lowest BCUT2D eigenvalue weighted by Crippen LogP contribution is -2.25. The lowest BCUT2D eigenvalue weighted by atomic mass is 10.1. The highest BCUT2D eigenvalue weighted by Gasteiger charge is 2.20. The van der Waals surface area contributed by atoms with Gasteiger partial charge in [0.05, 0.1) is 23.2 Å². The predicted octanol–water partition coefficient (Wildman–Crippen LogP) is 4.91. The number of nitrogens with zero attached hydrogens (tertiary/aromatic N) is 3. The Kier molecular flexibility index (Phi) is 6.10. The van der Waals surface area contributed by atoms with E-state index >= 15 is 0 Å². The Morgan fingerprint density at radius 3 is 2.80 bits per heavy atom. The van der Waals surface area contributed by atoms with Crippen molar-refractivity contribution in [3.63, 3.8) is 0 Å². The van der Waals surface area contributed by atoms with Crippen LogP contribution < -0.4 is 10.9 Å². The van der Waals surface area contributed by atoms with Crippen LogP contribution in [0.15, 0.2) is 64.7 Å². The van der Waals surface area contributed by atoms with Crippen LogP contribution in [0.1, 0.15) is 29.7 Å². The molecule has 0 unspecified atom stereocenters. The van der Waals surface area contributed by atoms with Crippen molar-refractivity contribution in [2.24, 2.45) is 5.92 Å². The molecule has 174 valence electrons. The summed E-state index contributed by atoms with van der Waals surface area (Å²) in [6, 6.07) is 13.7. The average Bonchev–Trinajstić information content (AvgIpc) is 3.67. The number of fused-ring (bicyclic) bond motifs is 1. The maximum absolute atomic E-state index is 14.8. The van der Waals surface area contributed by atoms with Gasteiger partial charge < -0.3 is 5.32 Å². The van der Waals surface area contributed by atoms with Gasteiger partial charge in [0, 0.05) is 11.6 Å². The number of thiol groups is 1. The van der Waals surface area contributed by atoms with Crippen molar-refractivity contribution in [1.29, 1.82) is 5.41 Å². The Hall–Kier alpha value is -3.96. The van der Waals surface area contributed by atoms with Crippen LogP contribution in [0, 0.1) is 35.9 Å². The quantitative estimate of drug-likeness (QED) is 0.163. The van der Waals surface area contributed by atoms with Gasteiger partial charge in [-0.05, 0) is 54.8 Å². The number of nitrogens with one attached hydrogen (secondary N) is 2. The summed E-state index contributed by atoms with van der Waals surface area (Å²) in [7, 11) is 0. The molecule has 1 aliphatic rings. The predicted molar refractivity (Wildman–Crippen MR) is 138 cm³/mol. The summed E-state index contributed by atoms with van der Waals surface area (Å²) in [5.74, 6) is 6.17. The number of aromatic nitrogens is 3. The largest absolute Gasteiger partial charge is 0.364 e. The molecule has 35 heavy (non-hydrogen) atoms. The molecule has 2 heterocycles. The van der Waals surface area contributed by atoms with Crippen molar-refractivity contribution in [2.45, 2.75) is 31.3 Å². The zero-order chi connectivity index (χ0) is 24.5. The number of hydrogen-bond donors (Lipinski definition) is 3. The molecule has 6 nitrogen and oxygen atoms in total. The molecule has 0 aliphatic heterocycles. The molecule has 8 heteroatoms. The van der Waals surface area contributed by atoms with E-state index in [1.54, 1.807) is 18.2 Å². The van der Waals surface area contributed by atoms with Crippen LogP contribution in [0.25, 0.3) is 16.5 Å². The Morgan fingerprint density at radius 1 is 1.23 bits per heavy atom. The molecule has 0 radical (unpaired) electrons. The van der Waals surface area contributed by atoms with Gasteiger partial charge in [-0.3, -0.25) is 14.8 Å². The van der Waals surface area contributed by atoms with E-state index < -0.39 is 5.82 Å². The molecule has 0 saturated heterocycles. The van der Waals surface area contributed by atoms with E-state index in [1.165, 1.54) is 17.0 Å². The first-order chi connectivity index (χ1) is 16.9. The lowest BCUT2D eigenvalue weighted by molar-refractivity contribution is 0.614. The molecule has 2 aromatic heterocycles. The number of aryl methyl sites for hydroxylation is 1. The highest BCUT2D eigenvalue weighted by atomic mass is 32.1. The third-order valence-corrected chi connectivity index (χ3v) is 6.26. The van der Waals surface area contributed by atoms with Crippen molar-refractivity contribution in [1.82, 2.24) is 14.5 Å². The fraction of sp³-hybridized carbons (Fsp3) is 0.185. The van der Waals surface area contributed by atoms with E-state index in [-0.39, 0.29) is 23.5 Å². The summed E-state index contributed by atoms with van der Waals surface area (Å²) in [5.41, 5.74) is 1.69. The van der Waals surface area contributed by atoms with Gasteiger partial charge in [0.15, 0.2) is 0 Å². The van der Waals surface area contributed by atoms with Crippen molar-refractivity contribution >= 4 is 34.9 Å². The Labute approximate surface area is 207 Å². The summed E-state index contributed by atoms with van der Waals surface area (Å²) < 4.78 is 16.2. The Bertz CT molecular complexity index is 1600. The first-order valence-electron chi connectivity index (χ1n) is 11.2. The van der Waals surface area contributed by atoms with Crippen molar-refractivity contribution in [3.05, 3.63) is 87.9 Å². The molecule has 5 rings (SSSR count). The van der Waals surface area contributed by atoms with Gasteiger partial charge in [0.2, 0.25) is 0 Å². The first-order valence-corrected chi connectivity index (χ1v) is 11.7. The van der Waals surface area contributed by atoms with Gasteiger partial charge >= 0.3 is 0 Å². The normalized spacial score (nSPS) is 12.8. The maximum Gasteiger partial charge on any atom is 0.263 e. The van der Waals surface area contributed by atoms with Gasteiger partial charge in [-0.25, -0.2) is 14.4 Å². The standard InChI is InChI=1S/C27H22FN5OS/c1-16-5-4-6-18-13-19(33(27(34)23(16)18)22-8-3-2-7-20(22)28)14-30-25-24(26(35)32-15-31-25)21(29)12-11-17-9-10-17/h2-8,13,15,17,29H,9-10,14H2,1H3,(H2,30,31,32,35). The van der Waals surface area contributed by atoms with Crippen LogP contribution in [0.5, 0.6) is 0 Å². The second-order valence-electron chi connectivity index (χ2n) is 8.46. The summed E-state index contributed by atoms with van der Waals surface area (Å²) in [6.45, 7) is 2.01. The first kappa shape index (κ1) is 22.8. The maximum atomic E-state index is 14.8. The van der Waals surface area contributed by atoms with Gasteiger partial charge in [-0.1, -0.05) is 36.3 Å². The topological polar surface area (TPSA) is 83.7 Å². The SMILES string of the molecule is Cc1cccc2cc(CNc3ncnc(S)c3C(=N)C#CC3CC3)n(-c3ccccc3F)c(=O)c12. The van der Waals surface area contributed by atoms with Crippen LogP contribution in [-0.4, -0.2) is 20.2 Å². The zero-order valence-corrected chi connectivity index (χ0v) is 19.9. The van der Waals surface area contributed by atoms with Crippen molar-refractivity contribution in [3.8, 4) is 17.5 Å². The fourth-order valence-corrected chi connectivity index (χ4v) is 4.26. The number of pyridine rings is 1. The summed E-state index contributed by atoms with van der Waals surface area (Å²) in [6.07, 6.45) is 3.46. The second kappa shape index (κ2) is 9.35. The molecular formula is C27H22FN5OS. The molecule has 2 N–H and O–H groups in total. The summed E-state index contributed by atoms with van der Waals surface area (Å²) in [4.78, 5) is 22.0.